The molecule has 0 radical (unpaired) electrons. The van der Waals surface area contributed by atoms with Crippen LogP contribution in [0.5, 0.6) is 0 Å². The average molecular weight is 242 g/mol. The van der Waals surface area contributed by atoms with Crippen molar-refractivity contribution in [3.63, 3.8) is 0 Å². The van der Waals surface area contributed by atoms with Crippen LogP contribution in [0.3, 0.4) is 0 Å². The van der Waals surface area contributed by atoms with Crippen molar-refractivity contribution in [1.29, 1.82) is 0 Å². The van der Waals surface area contributed by atoms with Crippen LogP contribution < -0.4 is 11.1 Å². The smallest absolute Gasteiger partial charge is 0.0414 e. The first-order valence-corrected chi connectivity index (χ1v) is 6.11. The van der Waals surface area contributed by atoms with Gasteiger partial charge in [-0.2, -0.15) is 0 Å². The Hall–Kier alpha value is -1.96. The average Bonchev–Trinajstić information content (AvgIpc) is 2.33. The van der Waals surface area contributed by atoms with E-state index in [1.807, 2.05) is 26.0 Å². The summed E-state index contributed by atoms with van der Waals surface area (Å²) in [5.74, 6) is 0. The molecule has 1 rings (SSSR count). The molecule has 0 aliphatic heterocycles. The Bertz CT molecular complexity index is 508. The van der Waals surface area contributed by atoms with Crippen molar-refractivity contribution in [3.8, 4) is 0 Å². The third-order valence-corrected chi connectivity index (χ3v) is 2.90. The standard InChI is InChI=1S/C16H22N2/c1-6-14(15(17)7-2)13(5)18-16-9-8-11(3)10-12(16)4/h6-10,18H,5,17H2,1-4H3/b14-6-,15-7+. The van der Waals surface area contributed by atoms with Gasteiger partial charge in [0.05, 0.1) is 0 Å². The maximum atomic E-state index is 5.94. The molecule has 0 atom stereocenters. The van der Waals surface area contributed by atoms with Gasteiger partial charge >= 0.3 is 0 Å². The first-order chi connectivity index (χ1) is 8.49. The highest BCUT2D eigenvalue weighted by Gasteiger charge is 2.06. The normalized spacial score (nSPS) is 12.4. The maximum absolute atomic E-state index is 5.94. The Morgan fingerprint density at radius 2 is 1.89 bits per heavy atom. The van der Waals surface area contributed by atoms with Gasteiger partial charge < -0.3 is 11.1 Å². The molecule has 2 heteroatoms. The fourth-order valence-corrected chi connectivity index (χ4v) is 1.85. The van der Waals surface area contributed by atoms with Crippen molar-refractivity contribution in [2.75, 3.05) is 5.32 Å². The molecular formula is C16H22N2. The van der Waals surface area contributed by atoms with Crippen LogP contribution in [0.4, 0.5) is 5.69 Å². The highest BCUT2D eigenvalue weighted by molar-refractivity contribution is 5.60. The van der Waals surface area contributed by atoms with E-state index in [0.29, 0.717) is 0 Å². The van der Waals surface area contributed by atoms with Crippen LogP contribution >= 0.6 is 0 Å². The van der Waals surface area contributed by atoms with Gasteiger partial charge in [0, 0.05) is 22.7 Å². The zero-order chi connectivity index (χ0) is 13.7. The van der Waals surface area contributed by atoms with E-state index >= 15 is 0 Å². The zero-order valence-electron chi connectivity index (χ0n) is 11.7. The number of nitrogens with two attached hydrogens (primary N) is 1. The Balaban J connectivity index is 2.94. The first-order valence-electron chi connectivity index (χ1n) is 6.11. The van der Waals surface area contributed by atoms with Crippen LogP contribution in [0, 0.1) is 13.8 Å². The Kier molecular flexibility index (Phi) is 4.78. The lowest BCUT2D eigenvalue weighted by Crippen LogP contribution is -2.09. The predicted octanol–water partition coefficient (Wildman–Crippen LogP) is 4.04. The van der Waals surface area contributed by atoms with Crippen molar-refractivity contribution >= 4 is 5.69 Å². The Morgan fingerprint density at radius 3 is 2.39 bits per heavy atom. The molecule has 0 aliphatic rings. The van der Waals surface area contributed by atoms with Gasteiger partial charge in [0.2, 0.25) is 0 Å². The second-order valence-corrected chi connectivity index (χ2v) is 4.37. The highest BCUT2D eigenvalue weighted by atomic mass is 14.9. The molecule has 1 aromatic carbocycles. The van der Waals surface area contributed by atoms with Crippen LogP contribution in [0.1, 0.15) is 25.0 Å². The molecule has 0 spiro atoms. The molecule has 0 saturated heterocycles. The van der Waals surface area contributed by atoms with E-state index in [2.05, 4.69) is 43.9 Å². The van der Waals surface area contributed by atoms with Gasteiger partial charge in [-0.3, -0.25) is 0 Å². The Morgan fingerprint density at radius 1 is 1.22 bits per heavy atom. The number of nitrogens with one attached hydrogen (secondary N) is 1. The lowest BCUT2D eigenvalue weighted by Gasteiger charge is -2.15. The molecule has 2 nitrogen and oxygen atoms in total. The summed E-state index contributed by atoms with van der Waals surface area (Å²) in [6.45, 7) is 12.1. The molecule has 0 unspecified atom stereocenters. The minimum absolute atomic E-state index is 0.736. The minimum atomic E-state index is 0.736. The molecule has 0 aliphatic carbocycles. The summed E-state index contributed by atoms with van der Waals surface area (Å²) in [6, 6.07) is 6.29. The van der Waals surface area contributed by atoms with E-state index < -0.39 is 0 Å². The lowest BCUT2D eigenvalue weighted by atomic mass is 10.1. The number of allylic oxidation sites excluding steroid dienone is 2. The molecule has 3 N–H and O–H groups in total. The predicted molar refractivity (Wildman–Crippen MR) is 80.4 cm³/mol. The molecule has 0 saturated carbocycles. The van der Waals surface area contributed by atoms with Gasteiger partial charge in [0.25, 0.3) is 0 Å². The van der Waals surface area contributed by atoms with Crippen molar-refractivity contribution in [3.05, 3.63) is 65.0 Å². The largest absolute Gasteiger partial charge is 0.398 e. The number of anilines is 1. The van der Waals surface area contributed by atoms with Crippen LogP contribution in [-0.2, 0) is 0 Å². The molecule has 0 heterocycles. The van der Waals surface area contributed by atoms with Gasteiger partial charge in [0.15, 0.2) is 0 Å². The third kappa shape index (κ3) is 3.27. The minimum Gasteiger partial charge on any atom is -0.398 e. The second-order valence-electron chi connectivity index (χ2n) is 4.37. The zero-order valence-corrected chi connectivity index (χ0v) is 11.7. The summed E-state index contributed by atoms with van der Waals surface area (Å²) in [5, 5.41) is 3.32. The molecule has 0 amide bonds. The second kappa shape index (κ2) is 6.10. The van der Waals surface area contributed by atoms with Gasteiger partial charge in [-0.25, -0.2) is 0 Å². The van der Waals surface area contributed by atoms with E-state index in [4.69, 9.17) is 5.73 Å². The van der Waals surface area contributed by atoms with E-state index in [1.165, 1.54) is 11.1 Å². The topological polar surface area (TPSA) is 38.0 Å². The summed E-state index contributed by atoms with van der Waals surface area (Å²) < 4.78 is 0. The van der Waals surface area contributed by atoms with Gasteiger partial charge in [-0.1, -0.05) is 36.4 Å². The van der Waals surface area contributed by atoms with Crippen molar-refractivity contribution < 1.29 is 0 Å². The number of rotatable bonds is 4. The van der Waals surface area contributed by atoms with Crippen molar-refractivity contribution in [2.24, 2.45) is 5.73 Å². The van der Waals surface area contributed by atoms with Crippen molar-refractivity contribution in [1.82, 2.24) is 0 Å². The Labute approximate surface area is 110 Å². The summed E-state index contributed by atoms with van der Waals surface area (Å²) in [4.78, 5) is 0. The van der Waals surface area contributed by atoms with Crippen molar-refractivity contribution in [2.45, 2.75) is 27.7 Å². The molecule has 0 fully saturated rings. The van der Waals surface area contributed by atoms with Crippen LogP contribution in [-0.4, -0.2) is 0 Å². The molecular weight excluding hydrogens is 220 g/mol. The monoisotopic (exact) mass is 242 g/mol. The molecule has 18 heavy (non-hydrogen) atoms. The SMILES string of the molecule is C=C(Nc1ccc(C)cc1C)C(=C/C)/C(N)=C\C. The van der Waals surface area contributed by atoms with Crippen LogP contribution in [0.15, 0.2) is 53.9 Å². The number of hydrogen-bond donors (Lipinski definition) is 2. The molecule has 1 aromatic rings. The number of benzene rings is 1. The fraction of sp³-hybridized carbons (Fsp3) is 0.250. The maximum Gasteiger partial charge on any atom is 0.0414 e. The first kappa shape index (κ1) is 14.1. The van der Waals surface area contributed by atoms with Gasteiger partial charge in [0.1, 0.15) is 0 Å². The van der Waals surface area contributed by atoms with Gasteiger partial charge in [-0.05, 0) is 39.3 Å². The van der Waals surface area contributed by atoms with E-state index in [9.17, 15) is 0 Å². The van der Waals surface area contributed by atoms with E-state index in [1.54, 1.807) is 0 Å². The molecule has 0 aromatic heterocycles. The van der Waals surface area contributed by atoms with Crippen LogP contribution in [0.25, 0.3) is 0 Å². The third-order valence-electron chi connectivity index (χ3n) is 2.90. The van der Waals surface area contributed by atoms with E-state index in [0.717, 1.165) is 22.7 Å². The lowest BCUT2D eigenvalue weighted by molar-refractivity contribution is 1.25. The summed E-state index contributed by atoms with van der Waals surface area (Å²) in [5.41, 5.74) is 12.0. The molecule has 96 valence electrons. The molecule has 0 bridgehead atoms. The van der Waals surface area contributed by atoms with Crippen LogP contribution in [0.2, 0.25) is 0 Å². The summed E-state index contributed by atoms with van der Waals surface area (Å²) in [7, 11) is 0. The quantitative estimate of drug-likeness (QED) is 0.782. The fourth-order valence-electron chi connectivity index (χ4n) is 1.85. The number of aryl methyl sites for hydroxylation is 2. The number of hydrogen-bond acceptors (Lipinski definition) is 2. The summed E-state index contributed by atoms with van der Waals surface area (Å²) >= 11 is 0. The summed E-state index contributed by atoms with van der Waals surface area (Å²) in [6.07, 6.45) is 3.85. The van der Waals surface area contributed by atoms with E-state index in [-0.39, 0.29) is 0 Å². The van der Waals surface area contributed by atoms with Gasteiger partial charge in [-0.15, -0.1) is 0 Å². The highest BCUT2D eigenvalue weighted by Crippen LogP contribution is 2.21.